The number of fused-ring (bicyclic) bond motifs is 3. The summed E-state index contributed by atoms with van der Waals surface area (Å²) in [5.41, 5.74) is 3.26. The van der Waals surface area contributed by atoms with E-state index in [1.165, 1.54) is 10.9 Å². The van der Waals surface area contributed by atoms with Crippen molar-refractivity contribution >= 4 is 45.8 Å². The van der Waals surface area contributed by atoms with Gasteiger partial charge in [0.2, 0.25) is 0 Å². The van der Waals surface area contributed by atoms with Gasteiger partial charge in [0.15, 0.2) is 0 Å². The minimum atomic E-state index is -2.24. The maximum atomic E-state index is 12.2. The molecule has 0 aliphatic heterocycles. The number of rotatable bonds is 3. The quantitative estimate of drug-likeness (QED) is 0.545. The fourth-order valence-corrected chi connectivity index (χ4v) is 4.11. The summed E-state index contributed by atoms with van der Waals surface area (Å²) in [5, 5.41) is 6.59. The van der Waals surface area contributed by atoms with Crippen molar-refractivity contribution in [2.75, 3.05) is 18.6 Å². The molecule has 25 heavy (non-hydrogen) atoms. The Morgan fingerprint density at radius 2 is 1.68 bits per heavy atom. The SMILES string of the molecule is Cn1c2ccccc2c2c(Nc3ccc(P(C)(C)=O)cc3)nccc21. The van der Waals surface area contributed by atoms with E-state index >= 15 is 0 Å². The van der Waals surface area contributed by atoms with Crippen molar-refractivity contribution in [3.63, 3.8) is 0 Å². The van der Waals surface area contributed by atoms with Gasteiger partial charge in [-0.1, -0.05) is 18.2 Å². The van der Waals surface area contributed by atoms with Gasteiger partial charge in [-0.25, -0.2) is 4.98 Å². The fraction of sp³-hybridized carbons (Fsp3) is 0.150. The zero-order valence-electron chi connectivity index (χ0n) is 14.5. The summed E-state index contributed by atoms with van der Waals surface area (Å²) >= 11 is 0. The normalized spacial score (nSPS) is 12.0. The lowest BCUT2D eigenvalue weighted by atomic mass is 10.2. The van der Waals surface area contributed by atoms with Crippen LogP contribution in [0.3, 0.4) is 0 Å². The van der Waals surface area contributed by atoms with Crippen molar-refractivity contribution in [2.45, 2.75) is 0 Å². The number of nitrogens with one attached hydrogen (secondary N) is 1. The second kappa shape index (κ2) is 5.75. The van der Waals surface area contributed by atoms with Crippen molar-refractivity contribution in [3.8, 4) is 0 Å². The van der Waals surface area contributed by atoms with Gasteiger partial charge in [0.25, 0.3) is 0 Å². The molecule has 1 N–H and O–H groups in total. The van der Waals surface area contributed by atoms with E-state index in [1.54, 1.807) is 13.3 Å². The van der Waals surface area contributed by atoms with Gasteiger partial charge in [-0.3, -0.25) is 0 Å². The highest BCUT2D eigenvalue weighted by Gasteiger charge is 2.13. The maximum absolute atomic E-state index is 12.2. The average molecular weight is 349 g/mol. The second-order valence-electron chi connectivity index (χ2n) is 6.65. The standard InChI is InChI=1S/C20H20N3OP/c1-23-17-7-5-4-6-16(17)19-18(23)12-13-21-20(19)22-14-8-10-15(11-9-14)25(2,3)24/h4-13H,1-3H3,(H,21,22). The van der Waals surface area contributed by atoms with Crippen molar-refractivity contribution in [1.82, 2.24) is 9.55 Å². The van der Waals surface area contributed by atoms with Crippen LogP contribution in [0.4, 0.5) is 11.5 Å². The summed E-state index contributed by atoms with van der Waals surface area (Å²) in [5.74, 6) is 0.832. The third kappa shape index (κ3) is 2.73. The van der Waals surface area contributed by atoms with E-state index in [-0.39, 0.29) is 0 Å². The van der Waals surface area contributed by atoms with Crippen LogP contribution in [0.15, 0.2) is 60.8 Å². The molecule has 2 aromatic heterocycles. The predicted molar refractivity (Wildman–Crippen MR) is 107 cm³/mol. The molecule has 5 heteroatoms. The largest absolute Gasteiger partial charge is 0.343 e. The minimum absolute atomic E-state index is 0.832. The number of aromatic nitrogens is 2. The molecule has 2 aromatic carbocycles. The topological polar surface area (TPSA) is 46.9 Å². The fourth-order valence-electron chi connectivity index (χ4n) is 3.24. The summed E-state index contributed by atoms with van der Waals surface area (Å²) in [7, 11) is -0.163. The van der Waals surface area contributed by atoms with Gasteiger partial charge in [0, 0.05) is 35.1 Å². The van der Waals surface area contributed by atoms with Crippen LogP contribution < -0.4 is 10.6 Å². The van der Waals surface area contributed by atoms with Gasteiger partial charge < -0.3 is 14.4 Å². The Balaban J connectivity index is 1.82. The number of aryl methyl sites for hydroxylation is 1. The summed E-state index contributed by atoms with van der Waals surface area (Å²) in [6.45, 7) is 3.57. The van der Waals surface area contributed by atoms with Crippen LogP contribution >= 0.6 is 7.14 Å². The van der Waals surface area contributed by atoms with Crippen LogP contribution in [0.1, 0.15) is 0 Å². The molecule has 0 radical (unpaired) electrons. The summed E-state index contributed by atoms with van der Waals surface area (Å²) < 4.78 is 14.4. The van der Waals surface area contributed by atoms with Crippen molar-refractivity contribution in [1.29, 1.82) is 0 Å². The Bertz CT molecular complexity index is 1120. The highest BCUT2D eigenvalue weighted by Crippen LogP contribution is 2.36. The second-order valence-corrected chi connectivity index (χ2v) is 9.87. The number of para-hydroxylation sites is 1. The van der Waals surface area contributed by atoms with Crippen LogP contribution in [-0.4, -0.2) is 22.9 Å². The summed E-state index contributed by atoms with van der Waals surface area (Å²) in [6.07, 6.45) is 1.82. The van der Waals surface area contributed by atoms with Crippen LogP contribution in [-0.2, 0) is 11.6 Å². The number of pyridine rings is 1. The van der Waals surface area contributed by atoms with Crippen molar-refractivity contribution < 1.29 is 4.57 Å². The molecule has 0 saturated heterocycles. The first-order valence-electron chi connectivity index (χ1n) is 8.20. The first-order chi connectivity index (χ1) is 11.9. The molecule has 0 aliphatic rings. The molecule has 2 heterocycles. The molecular weight excluding hydrogens is 329 g/mol. The van der Waals surface area contributed by atoms with E-state index in [4.69, 9.17) is 0 Å². The van der Waals surface area contributed by atoms with Crippen molar-refractivity contribution in [2.24, 2.45) is 7.05 Å². The molecule has 0 bridgehead atoms. The number of hydrogen-bond acceptors (Lipinski definition) is 3. The molecule has 0 saturated carbocycles. The summed E-state index contributed by atoms with van der Waals surface area (Å²) in [4.78, 5) is 4.56. The van der Waals surface area contributed by atoms with E-state index in [9.17, 15) is 4.57 Å². The maximum Gasteiger partial charge on any atom is 0.140 e. The van der Waals surface area contributed by atoms with Crippen LogP contribution in [0, 0.1) is 0 Å². The molecule has 4 rings (SSSR count). The Morgan fingerprint density at radius 1 is 0.960 bits per heavy atom. The molecule has 0 atom stereocenters. The minimum Gasteiger partial charge on any atom is -0.343 e. The number of benzene rings is 2. The third-order valence-corrected chi connectivity index (χ3v) is 6.12. The number of hydrogen-bond donors (Lipinski definition) is 1. The lowest BCUT2D eigenvalue weighted by Gasteiger charge is -2.10. The van der Waals surface area contributed by atoms with Gasteiger partial charge in [0.05, 0.1) is 10.9 Å². The highest BCUT2D eigenvalue weighted by atomic mass is 31.2. The predicted octanol–water partition coefficient (Wildman–Crippen LogP) is 4.72. The first-order valence-corrected chi connectivity index (χ1v) is 10.8. The summed E-state index contributed by atoms with van der Waals surface area (Å²) in [6, 6.07) is 18.1. The van der Waals surface area contributed by atoms with Gasteiger partial charge in [-0.2, -0.15) is 0 Å². The Morgan fingerprint density at radius 3 is 2.40 bits per heavy atom. The monoisotopic (exact) mass is 349 g/mol. The van der Waals surface area contributed by atoms with E-state index in [0.717, 1.165) is 27.7 Å². The van der Waals surface area contributed by atoms with E-state index in [1.807, 2.05) is 48.7 Å². The molecule has 126 valence electrons. The lowest BCUT2D eigenvalue weighted by molar-refractivity contribution is 0.588. The Hall–Kier alpha value is -2.58. The van der Waals surface area contributed by atoms with E-state index in [0.29, 0.717) is 0 Å². The Labute approximate surface area is 146 Å². The molecule has 0 fully saturated rings. The van der Waals surface area contributed by atoms with Crippen LogP contribution in [0.2, 0.25) is 0 Å². The van der Waals surface area contributed by atoms with Gasteiger partial charge >= 0.3 is 0 Å². The molecule has 4 aromatic rings. The van der Waals surface area contributed by atoms with Gasteiger partial charge in [-0.15, -0.1) is 0 Å². The van der Waals surface area contributed by atoms with Crippen LogP contribution in [0.5, 0.6) is 0 Å². The zero-order valence-corrected chi connectivity index (χ0v) is 15.4. The highest BCUT2D eigenvalue weighted by molar-refractivity contribution is 7.70. The molecular formula is C20H20N3OP. The van der Waals surface area contributed by atoms with E-state index < -0.39 is 7.14 Å². The zero-order chi connectivity index (χ0) is 17.6. The molecule has 0 unspecified atom stereocenters. The average Bonchev–Trinajstić information content (AvgIpc) is 2.89. The number of anilines is 2. The van der Waals surface area contributed by atoms with Crippen molar-refractivity contribution in [3.05, 3.63) is 60.8 Å². The lowest BCUT2D eigenvalue weighted by Crippen LogP contribution is -2.03. The molecule has 4 nitrogen and oxygen atoms in total. The van der Waals surface area contributed by atoms with Crippen LogP contribution in [0.25, 0.3) is 21.8 Å². The molecule has 0 amide bonds. The third-order valence-electron chi connectivity index (χ3n) is 4.58. The first kappa shape index (κ1) is 15.9. The molecule has 0 spiro atoms. The van der Waals surface area contributed by atoms with Gasteiger partial charge in [-0.05, 0) is 49.7 Å². The Kier molecular flexibility index (Phi) is 3.66. The van der Waals surface area contributed by atoms with Gasteiger partial charge in [0.1, 0.15) is 13.0 Å². The van der Waals surface area contributed by atoms with E-state index in [2.05, 4.69) is 34.0 Å². The smallest absolute Gasteiger partial charge is 0.140 e. The molecule has 0 aliphatic carbocycles. The number of nitrogens with zero attached hydrogens (tertiary/aromatic N) is 2.